The molecule has 0 aliphatic carbocycles. The maximum absolute atomic E-state index is 6.14. The zero-order valence-electron chi connectivity index (χ0n) is 10.5. The van der Waals surface area contributed by atoms with Crippen LogP contribution in [0.4, 0.5) is 0 Å². The average molecular weight is 297 g/mol. The molecule has 2 atom stereocenters. The largest absolute Gasteiger partial charge is 0.326 e. The molecule has 100 valence electrons. The molecule has 2 bridgehead atoms. The molecule has 3 nitrogen and oxygen atoms in total. The predicted octanol–water partition coefficient (Wildman–Crippen LogP) is 1.67. The topological polar surface area (TPSA) is 28.8 Å². The van der Waals surface area contributed by atoms with E-state index < -0.39 is 0 Å². The molecule has 4 aliphatic heterocycles. The lowest BCUT2D eigenvalue weighted by atomic mass is 9.78. The molecule has 0 aromatic heterocycles. The van der Waals surface area contributed by atoms with Crippen molar-refractivity contribution in [2.75, 3.05) is 13.1 Å². The fourth-order valence-corrected chi connectivity index (χ4v) is 4.12. The van der Waals surface area contributed by atoms with Crippen molar-refractivity contribution in [3.05, 3.63) is 33.8 Å². The van der Waals surface area contributed by atoms with Crippen LogP contribution in [0.5, 0.6) is 0 Å². The molecule has 3 saturated heterocycles. The second-order valence-electron chi connectivity index (χ2n) is 5.73. The molecule has 0 saturated carbocycles. The molecule has 1 aromatic carbocycles. The normalized spacial score (nSPS) is 35.8. The number of nitrogens with one attached hydrogen (secondary N) is 2. The Labute approximate surface area is 122 Å². The Kier molecular flexibility index (Phi) is 2.76. The highest BCUT2D eigenvalue weighted by Gasteiger charge is 2.50. The van der Waals surface area contributed by atoms with Crippen molar-refractivity contribution in [1.29, 1.82) is 0 Å². The molecule has 4 heterocycles. The smallest absolute Gasteiger partial charge is 0.155 e. The van der Waals surface area contributed by atoms with E-state index in [4.69, 9.17) is 23.2 Å². The van der Waals surface area contributed by atoms with E-state index in [1.54, 1.807) is 4.90 Å². The molecule has 19 heavy (non-hydrogen) atoms. The molecular formula is C14H16Cl2N3+. The Morgan fingerprint density at radius 2 is 1.95 bits per heavy atom. The van der Waals surface area contributed by atoms with Gasteiger partial charge in [0.1, 0.15) is 11.8 Å². The van der Waals surface area contributed by atoms with Crippen LogP contribution < -0.4 is 10.3 Å². The number of hydrazone groups is 1. The van der Waals surface area contributed by atoms with Crippen LogP contribution in [-0.4, -0.2) is 24.8 Å². The Balaban J connectivity index is 1.69. The number of halogens is 2. The van der Waals surface area contributed by atoms with Gasteiger partial charge in [-0.3, -0.25) is 5.43 Å². The molecule has 2 N–H and O–H groups in total. The van der Waals surface area contributed by atoms with Crippen molar-refractivity contribution in [1.82, 2.24) is 5.43 Å². The number of hydrogen-bond acceptors (Lipinski definition) is 2. The van der Waals surface area contributed by atoms with Gasteiger partial charge < -0.3 is 4.90 Å². The molecule has 1 aromatic rings. The van der Waals surface area contributed by atoms with Gasteiger partial charge >= 0.3 is 0 Å². The third kappa shape index (κ3) is 1.79. The van der Waals surface area contributed by atoms with E-state index in [0.29, 0.717) is 22.0 Å². The van der Waals surface area contributed by atoms with Gasteiger partial charge in [-0.1, -0.05) is 29.3 Å². The fraction of sp³-hybridized carbons (Fsp3) is 0.500. The summed E-state index contributed by atoms with van der Waals surface area (Å²) in [6.45, 7) is 2.54. The van der Waals surface area contributed by atoms with Gasteiger partial charge in [0.05, 0.1) is 23.1 Å². The lowest BCUT2D eigenvalue weighted by molar-refractivity contribution is -0.927. The van der Waals surface area contributed by atoms with Crippen molar-refractivity contribution in [2.45, 2.75) is 24.9 Å². The standard InChI is InChI=1S/C14H15Cl2N3/c15-10-2-1-9(7-11(10)16)13-14-12(17-18-13)8-3-5-19(14)6-4-8/h1-2,7-8,13-14,18H,3-6H2/p+1/t13-,14+/m0/s1. The number of nitrogens with zero attached hydrogens (tertiary/aromatic N) is 1. The van der Waals surface area contributed by atoms with Gasteiger partial charge in [0, 0.05) is 18.8 Å². The van der Waals surface area contributed by atoms with Crippen molar-refractivity contribution in [3.63, 3.8) is 0 Å². The van der Waals surface area contributed by atoms with Gasteiger partial charge in [-0.25, -0.2) is 0 Å². The first kappa shape index (κ1) is 12.0. The minimum absolute atomic E-state index is 0.253. The minimum Gasteiger partial charge on any atom is -0.326 e. The van der Waals surface area contributed by atoms with E-state index in [0.717, 1.165) is 0 Å². The maximum atomic E-state index is 6.14. The predicted molar refractivity (Wildman–Crippen MR) is 77.0 cm³/mol. The number of hydrogen-bond donors (Lipinski definition) is 2. The van der Waals surface area contributed by atoms with Gasteiger partial charge in [-0.15, -0.1) is 0 Å². The van der Waals surface area contributed by atoms with Crippen LogP contribution in [0.1, 0.15) is 24.4 Å². The van der Waals surface area contributed by atoms with Gasteiger partial charge in [-0.05, 0) is 17.7 Å². The van der Waals surface area contributed by atoms with Crippen LogP contribution in [-0.2, 0) is 0 Å². The van der Waals surface area contributed by atoms with E-state index >= 15 is 0 Å². The van der Waals surface area contributed by atoms with Crippen LogP contribution in [0.2, 0.25) is 10.0 Å². The quantitative estimate of drug-likeness (QED) is 0.811. The number of rotatable bonds is 1. The maximum Gasteiger partial charge on any atom is 0.155 e. The Morgan fingerprint density at radius 3 is 2.68 bits per heavy atom. The molecule has 5 rings (SSSR count). The van der Waals surface area contributed by atoms with Crippen molar-refractivity contribution >= 4 is 28.9 Å². The third-order valence-corrected chi connectivity index (χ3v) is 5.51. The monoisotopic (exact) mass is 296 g/mol. The van der Waals surface area contributed by atoms with Gasteiger partial charge in [-0.2, -0.15) is 5.10 Å². The van der Waals surface area contributed by atoms with Gasteiger partial charge in [0.25, 0.3) is 0 Å². The summed E-state index contributed by atoms with van der Waals surface area (Å²) in [7, 11) is 0. The Bertz CT molecular complexity index is 550. The van der Waals surface area contributed by atoms with Gasteiger partial charge in [0.15, 0.2) is 6.04 Å². The zero-order valence-corrected chi connectivity index (χ0v) is 12.0. The summed E-state index contributed by atoms with van der Waals surface area (Å²) in [6, 6.07) is 6.66. The lowest BCUT2D eigenvalue weighted by Crippen LogP contribution is -3.20. The van der Waals surface area contributed by atoms with E-state index in [1.165, 1.54) is 37.2 Å². The summed E-state index contributed by atoms with van der Waals surface area (Å²) in [4.78, 5) is 1.67. The molecule has 0 spiro atoms. The number of quaternary nitrogens is 1. The molecule has 4 aliphatic rings. The van der Waals surface area contributed by atoms with Crippen LogP contribution >= 0.6 is 23.2 Å². The van der Waals surface area contributed by atoms with Crippen LogP contribution in [0.25, 0.3) is 0 Å². The highest BCUT2D eigenvalue weighted by atomic mass is 35.5. The average Bonchev–Trinajstić information content (AvgIpc) is 2.90. The van der Waals surface area contributed by atoms with E-state index in [1.807, 2.05) is 12.1 Å². The zero-order chi connectivity index (χ0) is 13.0. The number of fused-ring (bicyclic) bond motifs is 2. The fourth-order valence-electron chi connectivity index (χ4n) is 3.82. The summed E-state index contributed by atoms with van der Waals surface area (Å²) in [5.41, 5.74) is 5.90. The van der Waals surface area contributed by atoms with Crippen molar-refractivity contribution in [3.8, 4) is 0 Å². The highest BCUT2D eigenvalue weighted by molar-refractivity contribution is 6.42. The first-order chi connectivity index (χ1) is 9.24. The third-order valence-electron chi connectivity index (χ3n) is 4.77. The summed E-state index contributed by atoms with van der Waals surface area (Å²) in [5.74, 6) is 0.697. The van der Waals surface area contributed by atoms with Crippen LogP contribution in [0.3, 0.4) is 0 Å². The molecule has 5 heteroatoms. The van der Waals surface area contributed by atoms with Crippen LogP contribution in [0, 0.1) is 5.92 Å². The summed E-state index contributed by atoms with van der Waals surface area (Å²) < 4.78 is 0. The Hall–Kier alpha value is -0.770. The SMILES string of the molecule is Clc1ccc([C@@H]2NN=C3C4CC[NH+](CC4)[C@H]32)cc1Cl. The van der Waals surface area contributed by atoms with Crippen molar-refractivity contribution in [2.24, 2.45) is 11.0 Å². The summed E-state index contributed by atoms with van der Waals surface area (Å²) >= 11 is 12.1. The highest BCUT2D eigenvalue weighted by Crippen LogP contribution is 2.33. The molecule has 3 fully saturated rings. The van der Waals surface area contributed by atoms with Crippen molar-refractivity contribution < 1.29 is 4.90 Å². The molecule has 0 amide bonds. The second kappa shape index (κ2) is 4.37. The van der Waals surface area contributed by atoms with Crippen LogP contribution in [0.15, 0.2) is 23.3 Å². The molecular weight excluding hydrogens is 281 g/mol. The first-order valence-electron chi connectivity index (χ1n) is 6.86. The van der Waals surface area contributed by atoms with E-state index in [2.05, 4.69) is 16.6 Å². The number of piperidine rings is 3. The van der Waals surface area contributed by atoms with E-state index in [-0.39, 0.29) is 6.04 Å². The first-order valence-corrected chi connectivity index (χ1v) is 7.62. The van der Waals surface area contributed by atoms with Gasteiger partial charge in [0.2, 0.25) is 0 Å². The Morgan fingerprint density at radius 1 is 1.16 bits per heavy atom. The molecule has 0 unspecified atom stereocenters. The second-order valence-corrected chi connectivity index (χ2v) is 6.54. The lowest BCUT2D eigenvalue weighted by Gasteiger charge is -2.42. The summed E-state index contributed by atoms with van der Waals surface area (Å²) in [6.07, 6.45) is 2.58. The molecule has 0 radical (unpaired) electrons. The summed E-state index contributed by atoms with van der Waals surface area (Å²) in [5, 5.41) is 5.86. The number of benzene rings is 1. The minimum atomic E-state index is 0.253. The van der Waals surface area contributed by atoms with E-state index in [9.17, 15) is 0 Å².